The molecule has 5 heteroatoms. The number of hydrogen-bond acceptors (Lipinski definition) is 1. The van der Waals surface area contributed by atoms with Crippen molar-refractivity contribution in [3.8, 4) is 11.1 Å². The summed E-state index contributed by atoms with van der Waals surface area (Å²) in [6.07, 6.45) is 7.13. The third kappa shape index (κ3) is 4.32. The molecule has 5 rings (SSSR count). The normalized spacial score (nSPS) is 26.2. The van der Waals surface area contributed by atoms with E-state index in [9.17, 15) is 0 Å². The summed E-state index contributed by atoms with van der Waals surface area (Å²) in [7, 11) is 0. The maximum absolute atomic E-state index is 15.4. The van der Waals surface area contributed by atoms with Gasteiger partial charge >= 0.3 is 0 Å². The third-order valence-corrected chi connectivity index (χ3v) is 9.09. The molecule has 1 aliphatic heterocycles. The van der Waals surface area contributed by atoms with Crippen LogP contribution in [-0.4, -0.2) is 6.61 Å². The second-order valence-electron chi connectivity index (χ2n) is 11.1. The number of ether oxygens (including phenoxy) is 1. The lowest BCUT2D eigenvalue weighted by molar-refractivity contribution is -0.0364. The lowest BCUT2D eigenvalue weighted by Gasteiger charge is -2.34. The van der Waals surface area contributed by atoms with Gasteiger partial charge in [-0.15, -0.1) is 0 Å². The molecule has 0 N–H and O–H groups in total. The Morgan fingerprint density at radius 3 is 1.89 bits per heavy atom. The quantitative estimate of drug-likeness (QED) is 0.326. The van der Waals surface area contributed by atoms with Crippen molar-refractivity contribution in [3.05, 3.63) is 57.7 Å². The Hall–Kier alpha value is -1.88. The average molecular weight is 489 g/mol. The molecule has 2 aromatic carbocycles. The van der Waals surface area contributed by atoms with Gasteiger partial charge in [-0.3, -0.25) is 0 Å². The summed E-state index contributed by atoms with van der Waals surface area (Å²) in [6, 6.07) is 3.35. The topological polar surface area (TPSA) is 9.23 Å². The summed E-state index contributed by atoms with van der Waals surface area (Å²) in [5.74, 6) is -2.43. The summed E-state index contributed by atoms with van der Waals surface area (Å²) in [4.78, 5) is 0. The van der Waals surface area contributed by atoms with Crippen LogP contribution < -0.4 is 0 Å². The molecule has 3 aliphatic rings. The van der Waals surface area contributed by atoms with Crippen LogP contribution in [0.15, 0.2) is 12.1 Å². The molecule has 0 spiro atoms. The summed E-state index contributed by atoms with van der Waals surface area (Å²) in [5, 5.41) is 0. The summed E-state index contributed by atoms with van der Waals surface area (Å²) >= 11 is 0. The lowest BCUT2D eigenvalue weighted by Crippen LogP contribution is -2.27. The Bertz CT molecular complexity index is 1090. The van der Waals surface area contributed by atoms with E-state index < -0.39 is 29.4 Å². The molecule has 2 aromatic rings. The van der Waals surface area contributed by atoms with E-state index in [4.69, 9.17) is 4.74 Å². The van der Waals surface area contributed by atoms with E-state index in [1.54, 1.807) is 12.1 Å². The first-order chi connectivity index (χ1) is 16.8. The summed E-state index contributed by atoms with van der Waals surface area (Å²) < 4.78 is 67.3. The SMILES string of the molecule is CCC(CC)C1CCC(c2cc3c(c(F)c2F)-c2c(cc(C4CCC(C)CC4)c(F)c2F)C3)OC1. The maximum Gasteiger partial charge on any atom is 0.167 e. The predicted octanol–water partition coefficient (Wildman–Crippen LogP) is 9.01. The van der Waals surface area contributed by atoms with Crippen molar-refractivity contribution in [3.63, 3.8) is 0 Å². The highest BCUT2D eigenvalue weighted by molar-refractivity contribution is 5.79. The zero-order valence-corrected chi connectivity index (χ0v) is 21.0. The fraction of sp³-hybridized carbons (Fsp3) is 0.600. The molecule has 1 nitrogen and oxygen atoms in total. The molecular formula is C30H36F4O. The van der Waals surface area contributed by atoms with Gasteiger partial charge in [0.2, 0.25) is 0 Å². The van der Waals surface area contributed by atoms with Crippen LogP contribution in [0.1, 0.15) is 106 Å². The molecule has 2 unspecified atom stereocenters. The molecule has 0 bridgehead atoms. The molecular weight excluding hydrogens is 452 g/mol. The molecule has 1 heterocycles. The molecule has 2 aliphatic carbocycles. The minimum Gasteiger partial charge on any atom is -0.373 e. The number of halogens is 4. The van der Waals surface area contributed by atoms with Gasteiger partial charge in [-0.25, -0.2) is 17.6 Å². The molecule has 1 saturated carbocycles. The van der Waals surface area contributed by atoms with E-state index in [1.165, 1.54) is 0 Å². The molecule has 0 radical (unpaired) electrons. The zero-order chi connectivity index (χ0) is 24.9. The van der Waals surface area contributed by atoms with Gasteiger partial charge < -0.3 is 4.74 Å². The van der Waals surface area contributed by atoms with Crippen molar-refractivity contribution in [1.82, 2.24) is 0 Å². The van der Waals surface area contributed by atoms with E-state index in [1.807, 2.05) is 0 Å². The summed E-state index contributed by atoms with van der Waals surface area (Å²) in [5.41, 5.74) is 1.46. The zero-order valence-electron chi connectivity index (χ0n) is 21.0. The molecule has 0 aromatic heterocycles. The Balaban J connectivity index is 1.44. The first kappa shape index (κ1) is 24.8. The van der Waals surface area contributed by atoms with Crippen molar-refractivity contribution in [2.24, 2.45) is 17.8 Å². The van der Waals surface area contributed by atoms with Gasteiger partial charge in [0.15, 0.2) is 23.3 Å². The molecule has 1 saturated heterocycles. The highest BCUT2D eigenvalue weighted by Gasteiger charge is 2.36. The highest BCUT2D eigenvalue weighted by Crippen LogP contribution is 2.47. The van der Waals surface area contributed by atoms with Crippen molar-refractivity contribution < 1.29 is 22.3 Å². The fourth-order valence-corrected chi connectivity index (χ4v) is 6.87. The van der Waals surface area contributed by atoms with Crippen LogP contribution in [0.25, 0.3) is 11.1 Å². The number of fused-ring (bicyclic) bond motifs is 3. The van der Waals surface area contributed by atoms with E-state index in [0.29, 0.717) is 47.5 Å². The molecule has 0 amide bonds. The molecule has 2 fully saturated rings. The van der Waals surface area contributed by atoms with Crippen LogP contribution in [-0.2, 0) is 11.2 Å². The van der Waals surface area contributed by atoms with Gasteiger partial charge in [0.1, 0.15) is 0 Å². The van der Waals surface area contributed by atoms with Crippen LogP contribution in [0.5, 0.6) is 0 Å². The smallest absolute Gasteiger partial charge is 0.167 e. The minimum absolute atomic E-state index is 0.0227. The first-order valence-electron chi connectivity index (χ1n) is 13.5. The molecule has 35 heavy (non-hydrogen) atoms. The predicted molar refractivity (Wildman–Crippen MR) is 130 cm³/mol. The minimum atomic E-state index is -1.08. The van der Waals surface area contributed by atoms with E-state index in [0.717, 1.165) is 44.9 Å². The van der Waals surface area contributed by atoms with Gasteiger partial charge in [0, 0.05) is 16.7 Å². The summed E-state index contributed by atoms with van der Waals surface area (Å²) in [6.45, 7) is 7.08. The van der Waals surface area contributed by atoms with Crippen molar-refractivity contribution in [2.45, 2.75) is 90.6 Å². The monoisotopic (exact) mass is 488 g/mol. The van der Waals surface area contributed by atoms with Crippen LogP contribution in [0.4, 0.5) is 17.6 Å². The third-order valence-electron chi connectivity index (χ3n) is 9.09. The molecule has 2 atom stereocenters. The van der Waals surface area contributed by atoms with Crippen LogP contribution in [0.2, 0.25) is 0 Å². The van der Waals surface area contributed by atoms with E-state index >= 15 is 17.6 Å². The fourth-order valence-electron chi connectivity index (χ4n) is 6.87. The standard InChI is InChI=1S/C30H36F4O/c1-4-17(5-2)19-10-11-24(35-15-19)23-14-21-12-20-13-22(18-8-6-16(3)7-9-18)27(31)29(33)25(20)26(21)30(34)28(23)32/h13-14,16-19,24H,4-12,15H2,1-3H3. The van der Waals surface area contributed by atoms with Crippen molar-refractivity contribution in [1.29, 1.82) is 0 Å². The van der Waals surface area contributed by atoms with E-state index in [-0.39, 0.29) is 29.0 Å². The Morgan fingerprint density at radius 1 is 0.771 bits per heavy atom. The number of hydrogen-bond donors (Lipinski definition) is 0. The van der Waals surface area contributed by atoms with Gasteiger partial charge in [-0.05, 0) is 78.5 Å². The van der Waals surface area contributed by atoms with Gasteiger partial charge in [0.25, 0.3) is 0 Å². The van der Waals surface area contributed by atoms with E-state index in [2.05, 4.69) is 20.8 Å². The largest absolute Gasteiger partial charge is 0.373 e. The van der Waals surface area contributed by atoms with Crippen molar-refractivity contribution in [2.75, 3.05) is 6.61 Å². The Morgan fingerprint density at radius 2 is 1.34 bits per heavy atom. The maximum atomic E-state index is 15.4. The Labute approximate surface area is 206 Å². The second kappa shape index (κ2) is 9.88. The van der Waals surface area contributed by atoms with Gasteiger partial charge in [-0.2, -0.15) is 0 Å². The second-order valence-corrected chi connectivity index (χ2v) is 11.1. The van der Waals surface area contributed by atoms with Crippen molar-refractivity contribution >= 4 is 0 Å². The Kier molecular flexibility index (Phi) is 7.00. The number of rotatable bonds is 5. The average Bonchev–Trinajstić information content (AvgIpc) is 3.24. The lowest BCUT2D eigenvalue weighted by atomic mass is 9.78. The van der Waals surface area contributed by atoms with Crippen LogP contribution >= 0.6 is 0 Å². The number of benzene rings is 2. The van der Waals surface area contributed by atoms with Gasteiger partial charge in [-0.1, -0.05) is 52.5 Å². The van der Waals surface area contributed by atoms with Crippen LogP contribution in [0.3, 0.4) is 0 Å². The van der Waals surface area contributed by atoms with Crippen LogP contribution in [0, 0.1) is 41.0 Å². The highest BCUT2D eigenvalue weighted by atomic mass is 19.2. The van der Waals surface area contributed by atoms with Gasteiger partial charge in [0.05, 0.1) is 12.7 Å². The first-order valence-corrected chi connectivity index (χ1v) is 13.5. The molecule has 190 valence electrons.